The highest BCUT2D eigenvalue weighted by atomic mass is 127. The van der Waals surface area contributed by atoms with Crippen LogP contribution in [0.1, 0.15) is 37.3 Å². The molecule has 0 spiro atoms. The van der Waals surface area contributed by atoms with E-state index >= 15 is 0 Å². The Kier molecular flexibility index (Phi) is 13.5. The van der Waals surface area contributed by atoms with E-state index in [1.165, 1.54) is 11.1 Å². The van der Waals surface area contributed by atoms with Crippen LogP contribution in [0.2, 0.25) is 0 Å². The van der Waals surface area contributed by atoms with Crippen molar-refractivity contribution in [3.05, 3.63) is 35.4 Å². The van der Waals surface area contributed by atoms with Crippen LogP contribution in [-0.2, 0) is 22.6 Å². The minimum atomic E-state index is 0. The molecule has 6 nitrogen and oxygen atoms in total. The summed E-state index contributed by atoms with van der Waals surface area (Å²) in [6, 6.07) is 8.80. The molecule has 2 rings (SSSR count). The number of nitrogens with zero attached hydrogens (tertiary/aromatic N) is 3. The maximum absolute atomic E-state index is 5.96. The van der Waals surface area contributed by atoms with E-state index in [0.29, 0.717) is 6.10 Å². The predicted molar refractivity (Wildman–Crippen MR) is 131 cm³/mol. The summed E-state index contributed by atoms with van der Waals surface area (Å²) in [7, 11) is 5.75. The maximum atomic E-state index is 5.96. The molecule has 1 heterocycles. The summed E-state index contributed by atoms with van der Waals surface area (Å²) in [5.41, 5.74) is 2.64. The van der Waals surface area contributed by atoms with Gasteiger partial charge in [0.15, 0.2) is 5.96 Å². The van der Waals surface area contributed by atoms with Crippen molar-refractivity contribution in [1.29, 1.82) is 0 Å². The third kappa shape index (κ3) is 9.63. The Hall–Kier alpha value is -0.900. The first kappa shape index (κ1) is 26.1. The van der Waals surface area contributed by atoms with Crippen LogP contribution in [0.4, 0.5) is 0 Å². The molecule has 1 aromatic carbocycles. The second-order valence-electron chi connectivity index (χ2n) is 7.45. The van der Waals surface area contributed by atoms with Crippen molar-refractivity contribution in [3.63, 3.8) is 0 Å². The first-order chi connectivity index (χ1) is 13.7. The lowest BCUT2D eigenvalue weighted by molar-refractivity contribution is 0.00989. The Morgan fingerprint density at radius 1 is 1.24 bits per heavy atom. The van der Waals surface area contributed by atoms with Gasteiger partial charge in [-0.05, 0) is 44.0 Å². The smallest absolute Gasteiger partial charge is 0.193 e. The average molecular weight is 518 g/mol. The van der Waals surface area contributed by atoms with Crippen LogP contribution in [0, 0.1) is 0 Å². The van der Waals surface area contributed by atoms with Gasteiger partial charge in [-0.1, -0.05) is 31.2 Å². The second-order valence-corrected chi connectivity index (χ2v) is 7.45. The van der Waals surface area contributed by atoms with Crippen LogP contribution in [0.15, 0.2) is 29.3 Å². The zero-order chi connectivity index (χ0) is 20.2. The molecule has 166 valence electrons. The monoisotopic (exact) mass is 518 g/mol. The van der Waals surface area contributed by atoms with Gasteiger partial charge >= 0.3 is 0 Å². The lowest BCUT2D eigenvalue weighted by Crippen LogP contribution is -2.46. The lowest BCUT2D eigenvalue weighted by Gasteiger charge is -2.34. The molecule has 29 heavy (non-hydrogen) atoms. The Morgan fingerprint density at radius 3 is 2.62 bits per heavy atom. The molecule has 0 amide bonds. The van der Waals surface area contributed by atoms with Gasteiger partial charge in [0.2, 0.25) is 0 Å². The van der Waals surface area contributed by atoms with Gasteiger partial charge in [-0.3, -0.25) is 4.99 Å². The SMILES string of the molecule is CCN(C)Cc1cccc(CNC(=NC)N2CCC(OCCCOC)CC2)c1.I. The van der Waals surface area contributed by atoms with Crippen LogP contribution in [-0.4, -0.2) is 75.9 Å². The van der Waals surface area contributed by atoms with Gasteiger partial charge in [-0.15, -0.1) is 24.0 Å². The minimum absolute atomic E-state index is 0. The lowest BCUT2D eigenvalue weighted by atomic mass is 10.1. The summed E-state index contributed by atoms with van der Waals surface area (Å²) >= 11 is 0. The zero-order valence-electron chi connectivity index (χ0n) is 18.5. The molecule has 0 atom stereocenters. The molecule has 0 bridgehead atoms. The molecule has 0 unspecified atom stereocenters. The topological polar surface area (TPSA) is 49.3 Å². The third-order valence-electron chi connectivity index (χ3n) is 5.23. The number of aliphatic imine (C=N–C) groups is 1. The Balaban J connectivity index is 0.00000420. The molecule has 0 aromatic heterocycles. The molecule has 0 aliphatic carbocycles. The van der Waals surface area contributed by atoms with Gasteiger partial charge < -0.3 is 24.6 Å². The fourth-order valence-corrected chi connectivity index (χ4v) is 3.46. The number of halogens is 1. The number of hydrogen-bond acceptors (Lipinski definition) is 4. The highest BCUT2D eigenvalue weighted by molar-refractivity contribution is 14.0. The molecule has 0 radical (unpaired) electrons. The van der Waals surface area contributed by atoms with Crippen molar-refractivity contribution in [2.24, 2.45) is 4.99 Å². The minimum Gasteiger partial charge on any atom is -0.385 e. The number of methoxy groups -OCH3 is 1. The molecule has 1 aliphatic rings. The first-order valence-corrected chi connectivity index (χ1v) is 10.5. The van der Waals surface area contributed by atoms with Crippen LogP contribution < -0.4 is 5.32 Å². The quantitative estimate of drug-likeness (QED) is 0.223. The number of ether oxygens (including phenoxy) is 2. The van der Waals surface area contributed by atoms with Gasteiger partial charge in [-0.25, -0.2) is 0 Å². The Labute approximate surface area is 194 Å². The molecule has 1 aromatic rings. The summed E-state index contributed by atoms with van der Waals surface area (Å²) in [4.78, 5) is 9.14. The average Bonchev–Trinajstić information content (AvgIpc) is 2.73. The number of benzene rings is 1. The molecular weight excluding hydrogens is 479 g/mol. The summed E-state index contributed by atoms with van der Waals surface area (Å²) < 4.78 is 11.0. The van der Waals surface area contributed by atoms with E-state index in [1.807, 2.05) is 7.05 Å². The van der Waals surface area contributed by atoms with E-state index in [-0.39, 0.29) is 24.0 Å². The van der Waals surface area contributed by atoms with Crippen molar-refractivity contribution in [2.75, 3.05) is 54.1 Å². The fraction of sp³-hybridized carbons (Fsp3) is 0.682. The van der Waals surface area contributed by atoms with Crippen molar-refractivity contribution in [2.45, 2.75) is 45.4 Å². The number of guanidine groups is 1. The van der Waals surface area contributed by atoms with Gasteiger partial charge in [0, 0.05) is 53.6 Å². The predicted octanol–water partition coefficient (Wildman–Crippen LogP) is 3.35. The summed E-state index contributed by atoms with van der Waals surface area (Å²) in [6.45, 7) is 8.54. The van der Waals surface area contributed by atoms with Gasteiger partial charge in [-0.2, -0.15) is 0 Å². The van der Waals surface area contributed by atoms with Gasteiger partial charge in [0.05, 0.1) is 6.10 Å². The number of nitrogens with one attached hydrogen (secondary N) is 1. The summed E-state index contributed by atoms with van der Waals surface area (Å²) in [6.07, 6.45) is 3.42. The number of rotatable bonds is 10. The molecule has 7 heteroatoms. The third-order valence-corrected chi connectivity index (χ3v) is 5.23. The molecule has 1 N–H and O–H groups in total. The van der Waals surface area contributed by atoms with Gasteiger partial charge in [0.1, 0.15) is 0 Å². The standard InChI is InChI=1S/C22H38N4O2.HI/c1-5-25(3)18-20-9-6-8-19(16-20)17-24-22(23-2)26-12-10-21(11-13-26)28-15-7-14-27-4;/h6,8-9,16,21H,5,7,10-15,17-18H2,1-4H3,(H,23,24);1H. The van der Waals surface area contributed by atoms with Crippen LogP contribution in [0.25, 0.3) is 0 Å². The molecule has 0 saturated carbocycles. The van der Waals surface area contributed by atoms with E-state index in [1.54, 1.807) is 7.11 Å². The Bertz CT molecular complexity index is 592. The normalized spacial score (nSPS) is 15.5. The van der Waals surface area contributed by atoms with E-state index < -0.39 is 0 Å². The fourth-order valence-electron chi connectivity index (χ4n) is 3.46. The van der Waals surface area contributed by atoms with Crippen LogP contribution in [0.3, 0.4) is 0 Å². The molecule has 1 saturated heterocycles. The van der Waals surface area contributed by atoms with Crippen molar-refractivity contribution in [1.82, 2.24) is 15.1 Å². The number of likely N-dealkylation sites (tertiary alicyclic amines) is 1. The zero-order valence-corrected chi connectivity index (χ0v) is 20.9. The summed E-state index contributed by atoms with van der Waals surface area (Å²) in [5.74, 6) is 0.980. The summed E-state index contributed by atoms with van der Waals surface area (Å²) in [5, 5.41) is 3.53. The second kappa shape index (κ2) is 15.0. The van der Waals surface area contributed by atoms with Crippen LogP contribution in [0.5, 0.6) is 0 Å². The maximum Gasteiger partial charge on any atom is 0.193 e. The van der Waals surface area contributed by atoms with Gasteiger partial charge in [0.25, 0.3) is 0 Å². The molecular formula is C22H39IN4O2. The van der Waals surface area contributed by atoms with Crippen molar-refractivity contribution >= 4 is 29.9 Å². The molecule has 1 fully saturated rings. The largest absolute Gasteiger partial charge is 0.385 e. The van der Waals surface area contributed by atoms with E-state index in [2.05, 4.69) is 58.3 Å². The molecule has 1 aliphatic heterocycles. The van der Waals surface area contributed by atoms with E-state index in [0.717, 1.165) is 71.2 Å². The van der Waals surface area contributed by atoms with E-state index in [9.17, 15) is 0 Å². The number of piperidine rings is 1. The van der Waals surface area contributed by atoms with Crippen molar-refractivity contribution in [3.8, 4) is 0 Å². The number of hydrogen-bond donors (Lipinski definition) is 1. The first-order valence-electron chi connectivity index (χ1n) is 10.5. The van der Waals surface area contributed by atoms with Crippen molar-refractivity contribution < 1.29 is 9.47 Å². The highest BCUT2D eigenvalue weighted by Crippen LogP contribution is 2.14. The van der Waals surface area contributed by atoms with Crippen LogP contribution >= 0.6 is 24.0 Å². The van der Waals surface area contributed by atoms with E-state index in [4.69, 9.17) is 9.47 Å². The Morgan fingerprint density at radius 2 is 1.97 bits per heavy atom. The highest BCUT2D eigenvalue weighted by Gasteiger charge is 2.21.